The summed E-state index contributed by atoms with van der Waals surface area (Å²) in [4.78, 5) is 25.5. The Balaban J connectivity index is 2.01. The highest BCUT2D eigenvalue weighted by molar-refractivity contribution is 9.10. The van der Waals surface area contributed by atoms with Crippen LogP contribution in [-0.2, 0) is 9.59 Å². The standard InChI is InChI=1S/C18H19BrN2O2/c1-13-12-16(8-9-17(13)19)21(14(2)22)11-10-18(23)20-15-6-4-3-5-7-15/h3-9,12H,10-11H2,1-2H3,(H,20,23). The van der Waals surface area contributed by atoms with Crippen molar-refractivity contribution in [3.05, 3.63) is 58.6 Å². The second-order valence-electron chi connectivity index (χ2n) is 5.27. The van der Waals surface area contributed by atoms with Gasteiger partial charge < -0.3 is 10.2 Å². The maximum Gasteiger partial charge on any atom is 0.226 e. The minimum absolute atomic E-state index is 0.0840. The van der Waals surface area contributed by atoms with Crippen molar-refractivity contribution in [2.45, 2.75) is 20.3 Å². The van der Waals surface area contributed by atoms with Crippen LogP contribution in [0, 0.1) is 6.92 Å². The second kappa shape index (κ2) is 7.92. The molecule has 0 heterocycles. The largest absolute Gasteiger partial charge is 0.326 e. The van der Waals surface area contributed by atoms with Crippen LogP contribution in [0.2, 0.25) is 0 Å². The summed E-state index contributed by atoms with van der Waals surface area (Å²) in [5, 5.41) is 2.82. The molecule has 0 atom stereocenters. The van der Waals surface area contributed by atoms with Crippen molar-refractivity contribution in [1.82, 2.24) is 0 Å². The summed E-state index contributed by atoms with van der Waals surface area (Å²) < 4.78 is 0.992. The van der Waals surface area contributed by atoms with Gasteiger partial charge in [0.05, 0.1) is 0 Å². The Morgan fingerprint density at radius 2 is 1.83 bits per heavy atom. The van der Waals surface area contributed by atoms with Gasteiger partial charge in [-0.1, -0.05) is 34.1 Å². The fourth-order valence-corrected chi connectivity index (χ4v) is 2.47. The zero-order valence-corrected chi connectivity index (χ0v) is 14.8. The molecular weight excluding hydrogens is 356 g/mol. The van der Waals surface area contributed by atoms with Gasteiger partial charge in [0, 0.05) is 35.7 Å². The highest BCUT2D eigenvalue weighted by Crippen LogP contribution is 2.23. The maximum absolute atomic E-state index is 12.0. The van der Waals surface area contributed by atoms with Crippen LogP contribution in [-0.4, -0.2) is 18.4 Å². The highest BCUT2D eigenvalue weighted by atomic mass is 79.9. The van der Waals surface area contributed by atoms with Crippen molar-refractivity contribution in [1.29, 1.82) is 0 Å². The normalized spacial score (nSPS) is 10.2. The molecule has 0 saturated heterocycles. The predicted octanol–water partition coefficient (Wildman–Crippen LogP) is 4.14. The number of rotatable bonds is 5. The van der Waals surface area contributed by atoms with E-state index in [4.69, 9.17) is 0 Å². The van der Waals surface area contributed by atoms with Gasteiger partial charge in [0.2, 0.25) is 11.8 Å². The average molecular weight is 375 g/mol. The number of nitrogens with one attached hydrogen (secondary N) is 1. The van der Waals surface area contributed by atoms with Crippen LogP contribution in [0.15, 0.2) is 53.0 Å². The molecule has 23 heavy (non-hydrogen) atoms. The van der Waals surface area contributed by atoms with Gasteiger partial charge in [-0.3, -0.25) is 9.59 Å². The van der Waals surface area contributed by atoms with Gasteiger partial charge in [-0.2, -0.15) is 0 Å². The summed E-state index contributed by atoms with van der Waals surface area (Å²) in [6, 6.07) is 15.0. The number of halogens is 1. The Labute approximate surface area is 144 Å². The van der Waals surface area contributed by atoms with Crippen molar-refractivity contribution in [2.75, 3.05) is 16.8 Å². The van der Waals surface area contributed by atoms with E-state index in [2.05, 4.69) is 21.2 Å². The topological polar surface area (TPSA) is 49.4 Å². The molecule has 0 aliphatic carbocycles. The monoisotopic (exact) mass is 374 g/mol. The van der Waals surface area contributed by atoms with E-state index in [0.717, 1.165) is 21.4 Å². The number of aryl methyl sites for hydroxylation is 1. The Morgan fingerprint density at radius 3 is 2.43 bits per heavy atom. The van der Waals surface area contributed by atoms with Crippen LogP contribution in [0.3, 0.4) is 0 Å². The highest BCUT2D eigenvalue weighted by Gasteiger charge is 2.14. The minimum atomic E-state index is -0.115. The molecule has 5 heteroatoms. The van der Waals surface area contributed by atoms with E-state index in [1.807, 2.05) is 55.5 Å². The number of anilines is 2. The van der Waals surface area contributed by atoms with Gasteiger partial charge in [0.25, 0.3) is 0 Å². The predicted molar refractivity (Wildman–Crippen MR) is 96.6 cm³/mol. The van der Waals surface area contributed by atoms with Crippen LogP contribution in [0.25, 0.3) is 0 Å². The van der Waals surface area contributed by atoms with Gasteiger partial charge in [0.1, 0.15) is 0 Å². The van der Waals surface area contributed by atoms with Gasteiger partial charge in [-0.25, -0.2) is 0 Å². The summed E-state index contributed by atoms with van der Waals surface area (Å²) in [7, 11) is 0. The Bertz CT molecular complexity index is 701. The summed E-state index contributed by atoms with van der Waals surface area (Å²) in [6.07, 6.45) is 0.240. The molecule has 120 valence electrons. The Hall–Kier alpha value is -2.14. The number of carbonyl (C=O) groups excluding carboxylic acids is 2. The molecule has 0 aliphatic heterocycles. The zero-order chi connectivity index (χ0) is 16.8. The van der Waals surface area contributed by atoms with Crippen molar-refractivity contribution in [3.63, 3.8) is 0 Å². The van der Waals surface area contributed by atoms with Crippen LogP contribution < -0.4 is 10.2 Å². The van der Waals surface area contributed by atoms with Crippen LogP contribution in [0.5, 0.6) is 0 Å². The van der Waals surface area contributed by atoms with E-state index in [0.29, 0.717) is 6.54 Å². The third-order valence-electron chi connectivity index (χ3n) is 3.45. The average Bonchev–Trinajstić information content (AvgIpc) is 2.51. The number of nitrogens with zero attached hydrogens (tertiary/aromatic N) is 1. The first-order valence-corrected chi connectivity index (χ1v) is 8.16. The maximum atomic E-state index is 12.0. The third-order valence-corrected chi connectivity index (χ3v) is 4.34. The van der Waals surface area contributed by atoms with E-state index in [9.17, 15) is 9.59 Å². The number of benzene rings is 2. The van der Waals surface area contributed by atoms with E-state index in [1.165, 1.54) is 6.92 Å². The molecule has 0 saturated carbocycles. The lowest BCUT2D eigenvalue weighted by Gasteiger charge is -2.21. The molecule has 2 aromatic rings. The molecule has 2 aromatic carbocycles. The summed E-state index contributed by atoms with van der Waals surface area (Å²) in [6.45, 7) is 3.82. The molecule has 0 bridgehead atoms. The molecule has 0 aromatic heterocycles. The van der Waals surface area contributed by atoms with Gasteiger partial charge in [0.15, 0.2) is 0 Å². The molecule has 2 rings (SSSR count). The van der Waals surface area contributed by atoms with Crippen LogP contribution >= 0.6 is 15.9 Å². The smallest absolute Gasteiger partial charge is 0.226 e. The summed E-state index contributed by atoms with van der Waals surface area (Å²) >= 11 is 3.45. The van der Waals surface area contributed by atoms with E-state index >= 15 is 0 Å². The van der Waals surface area contributed by atoms with E-state index < -0.39 is 0 Å². The third kappa shape index (κ3) is 4.93. The number of para-hydroxylation sites is 1. The Kier molecular flexibility index (Phi) is 5.93. The Morgan fingerprint density at radius 1 is 1.13 bits per heavy atom. The van der Waals surface area contributed by atoms with E-state index in [1.54, 1.807) is 4.90 Å². The fourth-order valence-electron chi connectivity index (χ4n) is 2.22. The van der Waals surface area contributed by atoms with E-state index in [-0.39, 0.29) is 18.2 Å². The molecule has 4 nitrogen and oxygen atoms in total. The van der Waals surface area contributed by atoms with Crippen LogP contribution in [0.4, 0.5) is 11.4 Å². The second-order valence-corrected chi connectivity index (χ2v) is 6.12. The molecule has 0 spiro atoms. The molecule has 1 N–H and O–H groups in total. The lowest BCUT2D eigenvalue weighted by molar-refractivity contribution is -0.117. The van der Waals surface area contributed by atoms with Crippen molar-refractivity contribution < 1.29 is 9.59 Å². The summed E-state index contributed by atoms with van der Waals surface area (Å²) in [5.41, 5.74) is 2.60. The summed E-state index contributed by atoms with van der Waals surface area (Å²) in [5.74, 6) is -0.199. The van der Waals surface area contributed by atoms with Crippen molar-refractivity contribution in [3.8, 4) is 0 Å². The minimum Gasteiger partial charge on any atom is -0.326 e. The number of carbonyl (C=O) groups is 2. The quantitative estimate of drug-likeness (QED) is 0.854. The van der Waals surface area contributed by atoms with Gasteiger partial charge in [-0.15, -0.1) is 0 Å². The number of hydrogen-bond acceptors (Lipinski definition) is 2. The first-order chi connectivity index (χ1) is 11.0. The number of amides is 2. The first-order valence-electron chi connectivity index (χ1n) is 7.36. The first kappa shape index (κ1) is 17.2. The molecule has 0 radical (unpaired) electrons. The fraction of sp³-hybridized carbons (Fsp3) is 0.222. The molecule has 0 aliphatic rings. The van der Waals surface area contributed by atoms with Crippen molar-refractivity contribution in [2.24, 2.45) is 0 Å². The lowest BCUT2D eigenvalue weighted by Crippen LogP contribution is -2.32. The molecule has 0 unspecified atom stereocenters. The lowest BCUT2D eigenvalue weighted by atomic mass is 10.2. The van der Waals surface area contributed by atoms with Crippen LogP contribution in [0.1, 0.15) is 18.9 Å². The SMILES string of the molecule is CC(=O)N(CCC(=O)Nc1ccccc1)c1ccc(Br)c(C)c1. The number of hydrogen-bond donors (Lipinski definition) is 1. The van der Waals surface area contributed by atoms with Gasteiger partial charge in [-0.05, 0) is 42.8 Å². The molecule has 2 amide bonds. The zero-order valence-electron chi connectivity index (χ0n) is 13.2. The van der Waals surface area contributed by atoms with Crippen molar-refractivity contribution >= 4 is 39.1 Å². The molecular formula is C18H19BrN2O2. The molecule has 0 fully saturated rings. The van der Waals surface area contributed by atoms with Gasteiger partial charge >= 0.3 is 0 Å².